The number of rotatable bonds is 4. The van der Waals surface area contributed by atoms with E-state index in [0.717, 1.165) is 5.56 Å². The maximum absolute atomic E-state index is 12.8. The molecule has 0 aromatic heterocycles. The number of nitrogens with zero attached hydrogens (tertiary/aromatic N) is 1. The minimum absolute atomic E-state index is 0.233. The topological polar surface area (TPSA) is 55.8 Å². The Labute approximate surface area is 170 Å². The van der Waals surface area contributed by atoms with E-state index in [0.29, 0.717) is 31.2 Å². The molecule has 0 unspecified atom stereocenters. The molecule has 1 saturated heterocycles. The van der Waals surface area contributed by atoms with Crippen molar-refractivity contribution in [3.05, 3.63) is 63.5 Å². The molecule has 1 heterocycles. The van der Waals surface area contributed by atoms with Crippen LogP contribution in [0.15, 0.2) is 47.4 Å². The van der Waals surface area contributed by atoms with Crippen LogP contribution in [-0.2, 0) is 9.53 Å². The molecular formula is C19H14ClNO4S2. The lowest BCUT2D eigenvalue weighted by Gasteiger charge is -2.15. The van der Waals surface area contributed by atoms with Gasteiger partial charge in [-0.1, -0.05) is 47.7 Å². The zero-order valence-corrected chi connectivity index (χ0v) is 16.8. The van der Waals surface area contributed by atoms with Gasteiger partial charge in [-0.2, -0.15) is 0 Å². The van der Waals surface area contributed by atoms with Gasteiger partial charge in [0.25, 0.3) is 5.91 Å². The molecule has 0 saturated carbocycles. The van der Waals surface area contributed by atoms with E-state index in [2.05, 4.69) is 4.74 Å². The molecule has 2 aromatic carbocycles. The second-order valence-electron chi connectivity index (χ2n) is 5.45. The number of hydrogen-bond donors (Lipinski definition) is 0. The van der Waals surface area contributed by atoms with Gasteiger partial charge in [0, 0.05) is 0 Å². The third-order valence-electron chi connectivity index (χ3n) is 3.82. The summed E-state index contributed by atoms with van der Waals surface area (Å²) in [6, 6.07) is 11.8. The third kappa shape index (κ3) is 4.00. The van der Waals surface area contributed by atoms with Gasteiger partial charge in [0.05, 0.1) is 35.4 Å². The quantitative estimate of drug-likeness (QED) is 0.412. The molecule has 1 aliphatic heterocycles. The van der Waals surface area contributed by atoms with Crippen LogP contribution in [0.5, 0.6) is 5.75 Å². The molecule has 2 aromatic rings. The van der Waals surface area contributed by atoms with Gasteiger partial charge in [-0.05, 0) is 42.0 Å². The standard InChI is InChI=1S/C19H14ClNO4S2/c1-24-15-8-7-13(10-14(15)20)21-17(22)16(27-19(21)26)9-11-3-5-12(6-4-11)18(23)25-2/h3-10H,1-2H3/b16-9+. The number of thioether (sulfide) groups is 1. The fourth-order valence-electron chi connectivity index (χ4n) is 2.47. The van der Waals surface area contributed by atoms with Gasteiger partial charge in [-0.25, -0.2) is 4.79 Å². The molecule has 27 heavy (non-hydrogen) atoms. The summed E-state index contributed by atoms with van der Waals surface area (Å²) in [5.74, 6) is -0.125. The Morgan fingerprint density at radius 1 is 1.19 bits per heavy atom. The van der Waals surface area contributed by atoms with Gasteiger partial charge in [0.15, 0.2) is 4.32 Å². The van der Waals surface area contributed by atoms with E-state index in [1.54, 1.807) is 48.5 Å². The van der Waals surface area contributed by atoms with E-state index >= 15 is 0 Å². The number of ether oxygens (including phenoxy) is 2. The first-order valence-electron chi connectivity index (χ1n) is 7.74. The van der Waals surface area contributed by atoms with Crippen molar-refractivity contribution in [3.63, 3.8) is 0 Å². The highest BCUT2D eigenvalue weighted by atomic mass is 35.5. The lowest BCUT2D eigenvalue weighted by molar-refractivity contribution is -0.113. The lowest BCUT2D eigenvalue weighted by Crippen LogP contribution is -2.27. The highest BCUT2D eigenvalue weighted by Crippen LogP contribution is 2.38. The SMILES string of the molecule is COC(=O)c1ccc(/C=C2/SC(=S)N(c3ccc(OC)c(Cl)c3)C2=O)cc1. The van der Waals surface area contributed by atoms with Crippen molar-refractivity contribution in [3.8, 4) is 5.75 Å². The number of amides is 1. The summed E-state index contributed by atoms with van der Waals surface area (Å²) >= 11 is 12.7. The predicted molar refractivity (Wildman–Crippen MR) is 111 cm³/mol. The number of benzene rings is 2. The molecule has 1 amide bonds. The van der Waals surface area contributed by atoms with Crippen LogP contribution in [0.25, 0.3) is 6.08 Å². The van der Waals surface area contributed by atoms with Crippen molar-refractivity contribution in [1.29, 1.82) is 0 Å². The minimum atomic E-state index is -0.413. The van der Waals surface area contributed by atoms with Crippen molar-refractivity contribution < 1.29 is 19.1 Å². The van der Waals surface area contributed by atoms with Gasteiger partial charge < -0.3 is 9.47 Å². The fraction of sp³-hybridized carbons (Fsp3) is 0.105. The van der Waals surface area contributed by atoms with E-state index in [9.17, 15) is 9.59 Å². The number of carbonyl (C=O) groups excluding carboxylic acids is 2. The Kier molecular flexibility index (Phi) is 5.84. The molecule has 5 nitrogen and oxygen atoms in total. The van der Waals surface area contributed by atoms with Crippen LogP contribution in [0, 0.1) is 0 Å². The molecule has 3 rings (SSSR count). The fourth-order valence-corrected chi connectivity index (χ4v) is 4.02. The molecule has 138 valence electrons. The maximum atomic E-state index is 12.8. The molecule has 1 aliphatic rings. The summed E-state index contributed by atoms with van der Waals surface area (Å²) < 4.78 is 10.2. The average Bonchev–Trinajstić information content (AvgIpc) is 2.95. The second-order valence-corrected chi connectivity index (χ2v) is 7.53. The number of esters is 1. The average molecular weight is 420 g/mol. The summed E-state index contributed by atoms with van der Waals surface area (Å²) in [5, 5.41) is 0.395. The highest BCUT2D eigenvalue weighted by Gasteiger charge is 2.33. The first-order valence-corrected chi connectivity index (χ1v) is 9.34. The van der Waals surface area contributed by atoms with E-state index in [-0.39, 0.29) is 5.91 Å². The minimum Gasteiger partial charge on any atom is -0.495 e. The number of methoxy groups -OCH3 is 2. The van der Waals surface area contributed by atoms with Gasteiger partial charge in [0.1, 0.15) is 5.75 Å². The van der Waals surface area contributed by atoms with Crippen LogP contribution < -0.4 is 9.64 Å². The van der Waals surface area contributed by atoms with Gasteiger partial charge in [0.2, 0.25) is 0 Å². The number of carbonyl (C=O) groups is 2. The van der Waals surface area contributed by atoms with Crippen molar-refractivity contribution in [2.75, 3.05) is 19.1 Å². The van der Waals surface area contributed by atoms with Crippen LogP contribution in [-0.4, -0.2) is 30.4 Å². The van der Waals surface area contributed by atoms with Crippen molar-refractivity contribution in [2.24, 2.45) is 0 Å². The monoisotopic (exact) mass is 419 g/mol. The number of anilines is 1. The largest absolute Gasteiger partial charge is 0.495 e. The van der Waals surface area contributed by atoms with Crippen molar-refractivity contribution in [1.82, 2.24) is 0 Å². The summed E-state index contributed by atoms with van der Waals surface area (Å²) in [6.45, 7) is 0. The van der Waals surface area contributed by atoms with Crippen LogP contribution in [0.3, 0.4) is 0 Å². The van der Waals surface area contributed by atoms with Crippen LogP contribution in [0.1, 0.15) is 15.9 Å². The van der Waals surface area contributed by atoms with E-state index in [4.69, 9.17) is 28.6 Å². The summed E-state index contributed by atoms with van der Waals surface area (Å²) in [6.07, 6.45) is 1.73. The van der Waals surface area contributed by atoms with E-state index in [1.807, 2.05) is 0 Å². The number of thiocarbonyl (C=S) groups is 1. The lowest BCUT2D eigenvalue weighted by atomic mass is 10.1. The Hall–Kier alpha value is -2.35. The number of halogens is 1. The smallest absolute Gasteiger partial charge is 0.337 e. The zero-order valence-electron chi connectivity index (χ0n) is 14.4. The summed E-state index contributed by atoms with van der Waals surface area (Å²) in [4.78, 5) is 26.2. The van der Waals surface area contributed by atoms with Crippen LogP contribution in [0.4, 0.5) is 5.69 Å². The molecule has 0 radical (unpaired) electrons. The summed E-state index contributed by atoms with van der Waals surface area (Å²) in [7, 11) is 2.85. The molecule has 0 bridgehead atoms. The normalized spacial score (nSPS) is 15.4. The maximum Gasteiger partial charge on any atom is 0.337 e. The molecule has 1 fully saturated rings. The van der Waals surface area contributed by atoms with Crippen molar-refractivity contribution in [2.45, 2.75) is 0 Å². The molecule has 0 spiro atoms. The molecule has 0 N–H and O–H groups in total. The van der Waals surface area contributed by atoms with Crippen molar-refractivity contribution >= 4 is 63.5 Å². The summed E-state index contributed by atoms with van der Waals surface area (Å²) in [5.41, 5.74) is 1.79. The zero-order chi connectivity index (χ0) is 19.6. The highest BCUT2D eigenvalue weighted by molar-refractivity contribution is 8.27. The first kappa shape index (κ1) is 19.4. The Morgan fingerprint density at radius 2 is 1.89 bits per heavy atom. The van der Waals surface area contributed by atoms with E-state index < -0.39 is 5.97 Å². The van der Waals surface area contributed by atoms with E-state index in [1.165, 1.54) is 30.9 Å². The van der Waals surface area contributed by atoms with Gasteiger partial charge >= 0.3 is 5.97 Å². The predicted octanol–water partition coefficient (Wildman–Crippen LogP) is 4.54. The Bertz CT molecular complexity index is 957. The second kappa shape index (κ2) is 8.12. The Balaban J connectivity index is 1.86. The molecule has 0 atom stereocenters. The Morgan fingerprint density at radius 3 is 2.48 bits per heavy atom. The van der Waals surface area contributed by atoms with Gasteiger partial charge in [-0.15, -0.1) is 0 Å². The van der Waals surface area contributed by atoms with Crippen LogP contribution >= 0.6 is 35.6 Å². The first-order chi connectivity index (χ1) is 12.9. The number of hydrogen-bond acceptors (Lipinski definition) is 6. The van der Waals surface area contributed by atoms with Gasteiger partial charge in [-0.3, -0.25) is 9.69 Å². The molecule has 8 heteroatoms. The molecular weight excluding hydrogens is 406 g/mol. The third-order valence-corrected chi connectivity index (χ3v) is 5.41. The van der Waals surface area contributed by atoms with Crippen LogP contribution in [0.2, 0.25) is 5.02 Å². The molecule has 0 aliphatic carbocycles.